The highest BCUT2D eigenvalue weighted by Gasteiger charge is 2.17. The zero-order valence-corrected chi connectivity index (χ0v) is 19.4. The summed E-state index contributed by atoms with van der Waals surface area (Å²) in [6.45, 7) is 7.93. The maximum absolute atomic E-state index is 8.63. The summed E-state index contributed by atoms with van der Waals surface area (Å²) in [6, 6.07) is 6.12. The minimum absolute atomic E-state index is 0.531. The Morgan fingerprint density at radius 1 is 1.23 bits per heavy atom. The molecule has 1 N–H and O–H groups in total. The molecule has 1 aromatic carbocycles. The number of ether oxygens (including phenoxy) is 1. The molecule has 0 radical (unpaired) electrons. The molecular weight excluding hydrogens is 408 g/mol. The first-order valence-electron chi connectivity index (χ1n) is 10.9. The van der Waals surface area contributed by atoms with Crippen LogP contribution in [0.5, 0.6) is 5.75 Å². The number of hydrogen-bond donors (Lipinski definition) is 2. The smallest absolute Gasteiger partial charge is 0.208 e. The number of rotatable bonds is 9. The highest BCUT2D eigenvalue weighted by atomic mass is 32.1. The predicted molar refractivity (Wildman–Crippen MR) is 130 cm³/mol. The lowest BCUT2D eigenvalue weighted by Gasteiger charge is -2.35. The largest absolute Gasteiger partial charge is 0.497 e. The lowest BCUT2D eigenvalue weighted by Crippen LogP contribution is -2.47. The summed E-state index contributed by atoms with van der Waals surface area (Å²) in [5.74, 6) is 0.857. The Kier molecular flexibility index (Phi) is 8.80. The van der Waals surface area contributed by atoms with Crippen LogP contribution in [-0.4, -0.2) is 66.3 Å². The summed E-state index contributed by atoms with van der Waals surface area (Å²) in [5.41, 5.74) is 3.25. The second kappa shape index (κ2) is 11.8. The monoisotopic (exact) mass is 440 g/mol. The van der Waals surface area contributed by atoms with Crippen molar-refractivity contribution in [3.8, 4) is 11.9 Å². The van der Waals surface area contributed by atoms with Crippen LogP contribution in [0.25, 0.3) is 10.9 Å². The number of aromatic nitrogens is 1. The molecule has 3 rings (SSSR count). The Hall–Kier alpha value is -2.50. The highest BCUT2D eigenvalue weighted by molar-refractivity contribution is 7.96. The second-order valence-electron chi connectivity index (χ2n) is 7.88. The van der Waals surface area contributed by atoms with Crippen LogP contribution in [0.2, 0.25) is 0 Å². The molecule has 1 saturated heterocycles. The van der Waals surface area contributed by atoms with Crippen LogP contribution in [0.1, 0.15) is 31.2 Å². The second-order valence-corrected chi connectivity index (χ2v) is 8.28. The van der Waals surface area contributed by atoms with Crippen LogP contribution >= 0.6 is 12.6 Å². The third kappa shape index (κ3) is 6.49. The van der Waals surface area contributed by atoms with Crippen molar-refractivity contribution in [1.29, 1.82) is 5.26 Å². The van der Waals surface area contributed by atoms with E-state index in [0.29, 0.717) is 5.17 Å². The number of unbranched alkanes of at least 4 members (excludes halogenated alkanes) is 3. The first kappa shape index (κ1) is 23.2. The molecule has 1 fully saturated rings. The van der Waals surface area contributed by atoms with E-state index in [1.165, 1.54) is 24.8 Å². The van der Waals surface area contributed by atoms with Gasteiger partial charge in [0, 0.05) is 50.4 Å². The molecule has 7 nitrogen and oxygen atoms in total. The van der Waals surface area contributed by atoms with Crippen LogP contribution in [0.3, 0.4) is 0 Å². The molecule has 1 aliphatic rings. The van der Waals surface area contributed by atoms with Gasteiger partial charge in [0.1, 0.15) is 5.75 Å². The van der Waals surface area contributed by atoms with Crippen LogP contribution in [0.4, 0.5) is 5.69 Å². The summed E-state index contributed by atoms with van der Waals surface area (Å²) in [4.78, 5) is 12.8. The number of methoxy groups -OCH3 is 1. The standard InChI is InChI=1S/C23H32N6OS/c1-18-7-9-26-22-20(18)15-19(30-2)16-21(22)25-8-5-3-4-6-10-28-11-13-29(14-12-28)23(31)27-17-24/h7,9,15-16,25H,3-6,8,10-14H2,1-2H3,(H,27,31). The molecule has 2 heterocycles. The first-order valence-corrected chi connectivity index (χ1v) is 11.4. The average molecular weight is 441 g/mol. The third-order valence-electron chi connectivity index (χ3n) is 5.79. The third-order valence-corrected chi connectivity index (χ3v) is 6.18. The number of piperazine rings is 1. The minimum Gasteiger partial charge on any atom is -0.497 e. The number of anilines is 1. The minimum atomic E-state index is 0.531. The fourth-order valence-corrected chi connectivity index (χ4v) is 4.18. The number of amidine groups is 1. The lowest BCUT2D eigenvalue weighted by atomic mass is 10.1. The van der Waals surface area contributed by atoms with Gasteiger partial charge in [-0.15, -0.1) is 17.6 Å². The van der Waals surface area contributed by atoms with E-state index < -0.39 is 0 Å². The van der Waals surface area contributed by atoms with E-state index >= 15 is 0 Å². The predicted octanol–water partition coefficient (Wildman–Crippen LogP) is 3.91. The van der Waals surface area contributed by atoms with Gasteiger partial charge in [0.2, 0.25) is 6.19 Å². The molecule has 8 heteroatoms. The van der Waals surface area contributed by atoms with Crippen LogP contribution in [0.15, 0.2) is 29.4 Å². The zero-order chi connectivity index (χ0) is 22.1. The van der Waals surface area contributed by atoms with Crippen LogP contribution < -0.4 is 10.1 Å². The van der Waals surface area contributed by atoms with E-state index in [1.54, 1.807) is 13.3 Å². The van der Waals surface area contributed by atoms with Gasteiger partial charge in [-0.25, -0.2) is 0 Å². The van der Waals surface area contributed by atoms with Gasteiger partial charge in [-0.2, -0.15) is 5.26 Å². The Morgan fingerprint density at radius 3 is 2.74 bits per heavy atom. The normalized spacial score (nSPS) is 15.2. The average Bonchev–Trinajstić information content (AvgIpc) is 2.79. The molecule has 0 amide bonds. The molecule has 0 spiro atoms. The van der Waals surface area contributed by atoms with E-state index in [-0.39, 0.29) is 0 Å². The topological polar surface area (TPSA) is 76.8 Å². The van der Waals surface area contributed by atoms with Gasteiger partial charge >= 0.3 is 0 Å². The molecule has 166 valence electrons. The molecule has 0 atom stereocenters. The number of thiol groups is 1. The highest BCUT2D eigenvalue weighted by Crippen LogP contribution is 2.29. The van der Waals surface area contributed by atoms with Crippen molar-refractivity contribution in [2.24, 2.45) is 4.99 Å². The van der Waals surface area contributed by atoms with Gasteiger partial charge in [0.25, 0.3) is 0 Å². The van der Waals surface area contributed by atoms with Crippen molar-refractivity contribution in [2.75, 3.05) is 51.7 Å². The fraction of sp³-hybridized carbons (Fsp3) is 0.522. The molecule has 0 unspecified atom stereocenters. The van der Waals surface area contributed by atoms with Gasteiger partial charge in [-0.3, -0.25) is 9.88 Å². The van der Waals surface area contributed by atoms with Crippen molar-refractivity contribution in [1.82, 2.24) is 14.8 Å². The molecule has 1 aliphatic heterocycles. The van der Waals surface area contributed by atoms with Crippen molar-refractivity contribution in [3.63, 3.8) is 0 Å². The molecule has 2 aromatic rings. The molecule has 1 aromatic heterocycles. The Labute approximate surface area is 190 Å². The van der Waals surface area contributed by atoms with Crippen molar-refractivity contribution in [2.45, 2.75) is 32.6 Å². The van der Waals surface area contributed by atoms with E-state index in [0.717, 1.165) is 68.0 Å². The van der Waals surface area contributed by atoms with E-state index in [1.807, 2.05) is 18.3 Å². The number of fused-ring (bicyclic) bond motifs is 1. The summed E-state index contributed by atoms with van der Waals surface area (Å²) in [7, 11) is 1.70. The quantitative estimate of drug-likeness (QED) is 0.202. The van der Waals surface area contributed by atoms with E-state index in [4.69, 9.17) is 10.00 Å². The van der Waals surface area contributed by atoms with E-state index in [2.05, 4.69) is 50.7 Å². The van der Waals surface area contributed by atoms with Crippen molar-refractivity contribution in [3.05, 3.63) is 30.0 Å². The number of pyridine rings is 1. The van der Waals surface area contributed by atoms with Crippen molar-refractivity contribution >= 4 is 34.4 Å². The van der Waals surface area contributed by atoms with Gasteiger partial charge in [-0.1, -0.05) is 12.8 Å². The van der Waals surface area contributed by atoms with Crippen LogP contribution in [0, 0.1) is 18.4 Å². The summed E-state index contributed by atoms with van der Waals surface area (Å²) >= 11 is 4.28. The summed E-state index contributed by atoms with van der Waals surface area (Å²) < 4.78 is 5.47. The number of aliphatic imine (C=N–C) groups is 1. The maximum atomic E-state index is 8.63. The maximum Gasteiger partial charge on any atom is 0.208 e. The molecule has 31 heavy (non-hydrogen) atoms. The molecular formula is C23H32N6OS. The number of hydrogen-bond acceptors (Lipinski definition) is 6. The number of nitrogens with one attached hydrogen (secondary N) is 1. The molecule has 0 saturated carbocycles. The Morgan fingerprint density at radius 2 is 2.00 bits per heavy atom. The first-order chi connectivity index (χ1) is 15.1. The number of benzene rings is 1. The van der Waals surface area contributed by atoms with Gasteiger partial charge in [-0.05, 0) is 44.0 Å². The Balaban J connectivity index is 1.35. The summed E-state index contributed by atoms with van der Waals surface area (Å²) in [5, 5.41) is 13.9. The summed E-state index contributed by atoms with van der Waals surface area (Å²) in [6.07, 6.45) is 8.44. The molecule has 0 bridgehead atoms. The van der Waals surface area contributed by atoms with Crippen LogP contribution in [-0.2, 0) is 0 Å². The van der Waals surface area contributed by atoms with Gasteiger partial charge < -0.3 is 15.0 Å². The zero-order valence-electron chi connectivity index (χ0n) is 18.5. The lowest BCUT2D eigenvalue weighted by molar-refractivity contribution is 0.181. The Bertz CT molecular complexity index is 934. The number of nitriles is 1. The van der Waals surface area contributed by atoms with E-state index in [9.17, 15) is 0 Å². The number of aryl methyl sites for hydroxylation is 1. The van der Waals surface area contributed by atoms with Gasteiger partial charge in [0.05, 0.1) is 18.3 Å². The fourth-order valence-electron chi connectivity index (χ4n) is 3.94. The SMILES string of the molecule is COc1cc(NCCCCCCN2CCN(/C(S)=N/C#N)CC2)c2nccc(C)c2c1. The van der Waals surface area contributed by atoms with Crippen molar-refractivity contribution < 1.29 is 4.74 Å². The number of nitrogens with zero attached hydrogens (tertiary/aromatic N) is 5. The molecule has 0 aliphatic carbocycles. The van der Waals surface area contributed by atoms with Gasteiger partial charge in [0.15, 0.2) is 5.17 Å².